The molecule has 1 aliphatic carbocycles. The van der Waals surface area contributed by atoms with Crippen LogP contribution in [0.15, 0.2) is 48.5 Å². The minimum Gasteiger partial charge on any atom is -0.493 e. The Balaban J connectivity index is 1.40. The van der Waals surface area contributed by atoms with E-state index in [4.69, 9.17) is 4.74 Å². The average molecular weight is 365 g/mol. The molecule has 0 amide bonds. The third-order valence-electron chi connectivity index (χ3n) is 5.84. The number of ether oxygens (including phenoxy) is 1. The van der Waals surface area contributed by atoms with E-state index in [0.29, 0.717) is 0 Å². The number of aryl methyl sites for hydroxylation is 1. The van der Waals surface area contributed by atoms with Crippen LogP contribution in [-0.4, -0.2) is 56.2 Å². The lowest BCUT2D eigenvalue weighted by molar-refractivity contribution is 0.153. The normalized spacial score (nSPS) is 18.6. The molecular formula is C24H32N2O. The van der Waals surface area contributed by atoms with Crippen molar-refractivity contribution < 1.29 is 4.74 Å². The molecule has 0 unspecified atom stereocenters. The third-order valence-corrected chi connectivity index (χ3v) is 5.84. The van der Waals surface area contributed by atoms with Crippen molar-refractivity contribution in [2.24, 2.45) is 5.92 Å². The molecule has 27 heavy (non-hydrogen) atoms. The van der Waals surface area contributed by atoms with Crippen LogP contribution in [0.5, 0.6) is 5.75 Å². The molecule has 2 aliphatic rings. The minimum atomic E-state index is 0.775. The summed E-state index contributed by atoms with van der Waals surface area (Å²) in [5.41, 5.74) is 3.92. The van der Waals surface area contributed by atoms with E-state index in [0.717, 1.165) is 24.7 Å². The van der Waals surface area contributed by atoms with E-state index in [1.165, 1.54) is 68.7 Å². The van der Waals surface area contributed by atoms with Gasteiger partial charge in [0.15, 0.2) is 0 Å². The predicted octanol–water partition coefficient (Wildman–Crippen LogP) is 4.32. The highest BCUT2D eigenvalue weighted by molar-refractivity contribution is 5.71. The van der Waals surface area contributed by atoms with Gasteiger partial charge in [0.1, 0.15) is 5.75 Å². The summed E-state index contributed by atoms with van der Waals surface area (Å²) in [6.45, 7) is 6.88. The molecule has 0 N–H and O–H groups in total. The predicted molar refractivity (Wildman–Crippen MR) is 112 cm³/mol. The fourth-order valence-corrected chi connectivity index (χ4v) is 3.77. The summed E-state index contributed by atoms with van der Waals surface area (Å²) < 4.78 is 6.17. The molecule has 1 saturated heterocycles. The lowest BCUT2D eigenvalue weighted by Gasteiger charge is -2.32. The van der Waals surface area contributed by atoms with Gasteiger partial charge in [-0.15, -0.1) is 0 Å². The SMILES string of the molecule is CN1CCN(CCCc2ccc(OCC3CC3)c(-c3ccccc3)c2)CC1. The summed E-state index contributed by atoms with van der Waals surface area (Å²) in [6, 6.07) is 17.5. The second-order valence-corrected chi connectivity index (χ2v) is 8.20. The van der Waals surface area contributed by atoms with E-state index >= 15 is 0 Å². The van der Waals surface area contributed by atoms with Crippen molar-refractivity contribution in [3.63, 3.8) is 0 Å². The van der Waals surface area contributed by atoms with E-state index in [1.54, 1.807) is 0 Å². The Hall–Kier alpha value is -1.84. The number of rotatable bonds is 8. The molecule has 3 heteroatoms. The highest BCUT2D eigenvalue weighted by Gasteiger charge is 2.22. The highest BCUT2D eigenvalue weighted by atomic mass is 16.5. The lowest BCUT2D eigenvalue weighted by atomic mass is 9.99. The first kappa shape index (κ1) is 18.5. The van der Waals surface area contributed by atoms with Crippen molar-refractivity contribution in [2.75, 3.05) is 46.4 Å². The van der Waals surface area contributed by atoms with Gasteiger partial charge in [-0.3, -0.25) is 0 Å². The summed E-state index contributed by atoms with van der Waals surface area (Å²) >= 11 is 0. The molecule has 1 heterocycles. The van der Waals surface area contributed by atoms with Crippen LogP contribution in [0.4, 0.5) is 0 Å². The number of nitrogens with zero attached hydrogens (tertiary/aromatic N) is 2. The van der Waals surface area contributed by atoms with Crippen LogP contribution in [0.2, 0.25) is 0 Å². The zero-order valence-electron chi connectivity index (χ0n) is 16.6. The number of hydrogen-bond acceptors (Lipinski definition) is 3. The zero-order chi connectivity index (χ0) is 18.5. The Kier molecular flexibility index (Phi) is 6.10. The Morgan fingerprint density at radius 2 is 1.74 bits per heavy atom. The summed E-state index contributed by atoms with van der Waals surface area (Å²) in [4.78, 5) is 5.02. The molecule has 1 saturated carbocycles. The van der Waals surface area contributed by atoms with Crippen LogP contribution < -0.4 is 4.74 Å². The number of piperazine rings is 1. The fraction of sp³-hybridized carbons (Fsp3) is 0.500. The quantitative estimate of drug-likeness (QED) is 0.694. The second kappa shape index (κ2) is 8.90. The monoisotopic (exact) mass is 364 g/mol. The smallest absolute Gasteiger partial charge is 0.127 e. The summed E-state index contributed by atoms with van der Waals surface area (Å²) in [5.74, 6) is 1.81. The summed E-state index contributed by atoms with van der Waals surface area (Å²) in [5, 5.41) is 0. The minimum absolute atomic E-state index is 0.775. The van der Waals surface area contributed by atoms with Crippen molar-refractivity contribution in [1.82, 2.24) is 9.80 Å². The Morgan fingerprint density at radius 3 is 2.48 bits per heavy atom. The van der Waals surface area contributed by atoms with E-state index in [1.807, 2.05) is 0 Å². The zero-order valence-corrected chi connectivity index (χ0v) is 16.6. The maximum absolute atomic E-state index is 6.17. The van der Waals surface area contributed by atoms with Gasteiger partial charge in [0.05, 0.1) is 6.61 Å². The largest absolute Gasteiger partial charge is 0.493 e. The fourth-order valence-electron chi connectivity index (χ4n) is 3.77. The molecule has 0 radical (unpaired) electrons. The molecule has 4 rings (SSSR count). The first-order valence-corrected chi connectivity index (χ1v) is 10.5. The third kappa shape index (κ3) is 5.33. The summed E-state index contributed by atoms with van der Waals surface area (Å²) in [7, 11) is 2.22. The number of hydrogen-bond donors (Lipinski definition) is 0. The first-order valence-electron chi connectivity index (χ1n) is 10.5. The standard InChI is InChI=1S/C24H32N2O/c1-25-14-16-26(17-15-25)13-5-6-20-11-12-24(27-19-21-9-10-21)23(18-20)22-7-3-2-4-8-22/h2-4,7-8,11-12,18,21H,5-6,9-10,13-17,19H2,1H3. The van der Waals surface area contributed by atoms with Crippen LogP contribution in [0, 0.1) is 5.92 Å². The molecule has 3 nitrogen and oxygen atoms in total. The van der Waals surface area contributed by atoms with E-state index in [2.05, 4.69) is 65.4 Å². The lowest BCUT2D eigenvalue weighted by Crippen LogP contribution is -2.44. The van der Waals surface area contributed by atoms with Crippen LogP contribution in [0.25, 0.3) is 11.1 Å². The molecule has 0 atom stereocenters. The van der Waals surface area contributed by atoms with Crippen molar-refractivity contribution >= 4 is 0 Å². The molecule has 2 aromatic rings. The Bertz CT molecular complexity index is 718. The molecule has 0 spiro atoms. The van der Waals surface area contributed by atoms with Crippen molar-refractivity contribution in [2.45, 2.75) is 25.7 Å². The molecule has 144 valence electrons. The molecule has 2 aromatic carbocycles. The Morgan fingerprint density at radius 1 is 0.963 bits per heavy atom. The van der Waals surface area contributed by atoms with E-state index in [-0.39, 0.29) is 0 Å². The van der Waals surface area contributed by atoms with E-state index in [9.17, 15) is 0 Å². The van der Waals surface area contributed by atoms with E-state index < -0.39 is 0 Å². The molecular weight excluding hydrogens is 332 g/mol. The first-order chi connectivity index (χ1) is 13.3. The average Bonchev–Trinajstić information content (AvgIpc) is 3.53. The van der Waals surface area contributed by atoms with Crippen molar-refractivity contribution in [3.8, 4) is 16.9 Å². The van der Waals surface area contributed by atoms with Gasteiger partial charge in [0.2, 0.25) is 0 Å². The summed E-state index contributed by atoms with van der Waals surface area (Å²) in [6.07, 6.45) is 5.01. The van der Waals surface area contributed by atoms with Crippen molar-refractivity contribution in [3.05, 3.63) is 54.1 Å². The topological polar surface area (TPSA) is 15.7 Å². The molecule has 0 bridgehead atoms. The van der Waals surface area contributed by atoms with Crippen LogP contribution in [0.3, 0.4) is 0 Å². The van der Waals surface area contributed by atoms with Gasteiger partial charge in [-0.2, -0.15) is 0 Å². The molecule has 1 aliphatic heterocycles. The highest BCUT2D eigenvalue weighted by Crippen LogP contribution is 2.34. The van der Waals surface area contributed by atoms with Gasteiger partial charge in [-0.05, 0) is 68.5 Å². The maximum Gasteiger partial charge on any atom is 0.127 e. The van der Waals surface area contributed by atoms with Gasteiger partial charge in [-0.25, -0.2) is 0 Å². The van der Waals surface area contributed by atoms with Crippen LogP contribution in [-0.2, 0) is 6.42 Å². The van der Waals surface area contributed by atoms with Gasteiger partial charge in [0, 0.05) is 31.7 Å². The molecule has 2 fully saturated rings. The van der Waals surface area contributed by atoms with Gasteiger partial charge >= 0.3 is 0 Å². The van der Waals surface area contributed by atoms with Crippen LogP contribution >= 0.6 is 0 Å². The number of benzene rings is 2. The van der Waals surface area contributed by atoms with Crippen molar-refractivity contribution in [1.29, 1.82) is 0 Å². The van der Waals surface area contributed by atoms with Gasteiger partial charge in [-0.1, -0.05) is 36.4 Å². The number of likely N-dealkylation sites (N-methyl/N-ethyl adjacent to an activating group) is 1. The van der Waals surface area contributed by atoms with Gasteiger partial charge < -0.3 is 14.5 Å². The Labute approximate surface area is 163 Å². The maximum atomic E-state index is 6.17. The van der Waals surface area contributed by atoms with Gasteiger partial charge in [0.25, 0.3) is 0 Å². The van der Waals surface area contributed by atoms with Crippen LogP contribution in [0.1, 0.15) is 24.8 Å². The second-order valence-electron chi connectivity index (χ2n) is 8.20. The molecule has 0 aromatic heterocycles.